The SMILES string of the molecule is COc1ccc2ncc(Cl)c(C(O)CCC3(CO)CCN(CC#Cc4ccccn4)CC3)c2c1. The standard InChI is InChI=1S/C27H30ClN3O3/c1-34-21-7-8-24-22(17-21)26(23(28)18-30-24)25(33)9-10-27(19-32)11-15-31(16-12-27)14-4-6-20-5-2-3-13-29-20/h2-3,5,7-8,13,17-18,25,32-33H,9-12,14-16,19H2,1H3. The molecule has 3 heterocycles. The zero-order chi connectivity index (χ0) is 24.0. The van der Waals surface area contributed by atoms with Crippen LogP contribution in [0.25, 0.3) is 10.9 Å². The van der Waals surface area contributed by atoms with Gasteiger partial charge in [-0.15, -0.1) is 0 Å². The van der Waals surface area contributed by atoms with Crippen LogP contribution in [-0.2, 0) is 0 Å². The van der Waals surface area contributed by atoms with Crippen LogP contribution in [0, 0.1) is 17.3 Å². The zero-order valence-corrected chi connectivity index (χ0v) is 20.1. The summed E-state index contributed by atoms with van der Waals surface area (Å²) in [6.07, 6.45) is 5.52. The Bertz CT molecular complexity index is 1170. The summed E-state index contributed by atoms with van der Waals surface area (Å²) in [6, 6.07) is 11.3. The Balaban J connectivity index is 1.38. The van der Waals surface area contributed by atoms with E-state index in [1.54, 1.807) is 19.5 Å². The molecule has 0 aliphatic carbocycles. The highest BCUT2D eigenvalue weighted by Crippen LogP contribution is 2.40. The first-order valence-corrected chi connectivity index (χ1v) is 11.9. The van der Waals surface area contributed by atoms with Crippen molar-refractivity contribution in [3.05, 3.63) is 65.1 Å². The molecule has 34 heavy (non-hydrogen) atoms. The van der Waals surface area contributed by atoms with Gasteiger partial charge in [0.2, 0.25) is 0 Å². The van der Waals surface area contributed by atoms with Crippen molar-refractivity contribution in [1.29, 1.82) is 0 Å². The third-order valence-electron chi connectivity index (χ3n) is 6.79. The van der Waals surface area contributed by atoms with Crippen LogP contribution in [0.5, 0.6) is 5.75 Å². The van der Waals surface area contributed by atoms with Crippen molar-refractivity contribution in [2.75, 3.05) is 33.4 Å². The monoisotopic (exact) mass is 479 g/mol. The number of halogens is 1. The van der Waals surface area contributed by atoms with E-state index in [-0.39, 0.29) is 12.0 Å². The first kappa shape index (κ1) is 24.4. The second kappa shape index (κ2) is 11.2. The molecule has 0 bridgehead atoms. The summed E-state index contributed by atoms with van der Waals surface area (Å²) >= 11 is 6.46. The van der Waals surface area contributed by atoms with Gasteiger partial charge in [0.1, 0.15) is 11.4 Å². The highest BCUT2D eigenvalue weighted by atomic mass is 35.5. The van der Waals surface area contributed by atoms with Gasteiger partial charge in [-0.05, 0) is 80.4 Å². The number of piperidine rings is 1. The molecular formula is C27H30ClN3O3. The molecule has 1 saturated heterocycles. The lowest BCUT2D eigenvalue weighted by Gasteiger charge is -2.40. The largest absolute Gasteiger partial charge is 0.497 e. The van der Waals surface area contributed by atoms with Crippen molar-refractivity contribution >= 4 is 22.5 Å². The van der Waals surface area contributed by atoms with Gasteiger partial charge in [0.15, 0.2) is 0 Å². The second-order valence-corrected chi connectivity index (χ2v) is 9.32. The molecule has 2 aromatic heterocycles. The van der Waals surface area contributed by atoms with Crippen molar-refractivity contribution in [2.45, 2.75) is 31.8 Å². The Hall–Kier alpha value is -2.69. The van der Waals surface area contributed by atoms with Gasteiger partial charge in [-0.2, -0.15) is 0 Å². The molecule has 7 heteroatoms. The van der Waals surface area contributed by atoms with Crippen LogP contribution in [0.4, 0.5) is 0 Å². The highest BCUT2D eigenvalue weighted by molar-refractivity contribution is 6.32. The summed E-state index contributed by atoms with van der Waals surface area (Å²) in [6.45, 7) is 2.51. The van der Waals surface area contributed by atoms with E-state index in [2.05, 4.69) is 26.7 Å². The van der Waals surface area contributed by atoms with E-state index in [1.807, 2.05) is 36.4 Å². The van der Waals surface area contributed by atoms with Gasteiger partial charge in [-0.3, -0.25) is 9.88 Å². The van der Waals surface area contributed by atoms with E-state index in [0.717, 1.165) is 42.5 Å². The summed E-state index contributed by atoms with van der Waals surface area (Å²) in [5.41, 5.74) is 1.99. The Labute approximate surface area is 205 Å². The Morgan fingerprint density at radius 3 is 2.74 bits per heavy atom. The molecule has 1 aromatic carbocycles. The van der Waals surface area contributed by atoms with E-state index in [4.69, 9.17) is 16.3 Å². The van der Waals surface area contributed by atoms with Crippen molar-refractivity contribution in [3.8, 4) is 17.6 Å². The minimum absolute atomic E-state index is 0.103. The lowest BCUT2D eigenvalue weighted by Crippen LogP contribution is -2.42. The van der Waals surface area contributed by atoms with Crippen LogP contribution in [0.3, 0.4) is 0 Å². The lowest BCUT2D eigenvalue weighted by molar-refractivity contribution is 0.0273. The van der Waals surface area contributed by atoms with E-state index < -0.39 is 6.10 Å². The van der Waals surface area contributed by atoms with E-state index in [1.165, 1.54) is 0 Å². The number of hydrogen-bond donors (Lipinski definition) is 2. The topological polar surface area (TPSA) is 78.7 Å². The lowest BCUT2D eigenvalue weighted by atomic mass is 9.74. The molecule has 0 spiro atoms. The number of hydrogen-bond acceptors (Lipinski definition) is 6. The van der Waals surface area contributed by atoms with Crippen LogP contribution in [0.1, 0.15) is 43.0 Å². The first-order chi connectivity index (χ1) is 16.5. The third kappa shape index (κ3) is 5.68. The number of ether oxygens (including phenoxy) is 1. The summed E-state index contributed by atoms with van der Waals surface area (Å²) in [5.74, 6) is 6.99. The average molecular weight is 480 g/mol. The van der Waals surface area contributed by atoms with E-state index in [0.29, 0.717) is 35.7 Å². The maximum atomic E-state index is 11.1. The van der Waals surface area contributed by atoms with Crippen LogP contribution >= 0.6 is 11.6 Å². The molecule has 3 aromatic rings. The molecule has 178 valence electrons. The summed E-state index contributed by atoms with van der Waals surface area (Å²) in [5, 5.41) is 22.6. The van der Waals surface area contributed by atoms with E-state index >= 15 is 0 Å². The maximum Gasteiger partial charge on any atom is 0.119 e. The van der Waals surface area contributed by atoms with E-state index in [9.17, 15) is 10.2 Å². The fourth-order valence-corrected chi connectivity index (χ4v) is 4.85. The van der Waals surface area contributed by atoms with Crippen LogP contribution in [0.2, 0.25) is 5.02 Å². The Morgan fingerprint density at radius 1 is 1.21 bits per heavy atom. The summed E-state index contributed by atoms with van der Waals surface area (Å²) in [7, 11) is 1.61. The fourth-order valence-electron chi connectivity index (χ4n) is 4.57. The number of aliphatic hydroxyl groups excluding tert-OH is 2. The molecular weight excluding hydrogens is 450 g/mol. The zero-order valence-electron chi connectivity index (χ0n) is 19.4. The number of rotatable bonds is 7. The van der Waals surface area contributed by atoms with Gasteiger partial charge >= 0.3 is 0 Å². The normalized spacial score (nSPS) is 16.6. The number of aliphatic hydroxyl groups is 2. The number of aromatic nitrogens is 2. The molecule has 0 saturated carbocycles. The molecule has 6 nitrogen and oxygen atoms in total. The predicted molar refractivity (Wildman–Crippen MR) is 134 cm³/mol. The third-order valence-corrected chi connectivity index (χ3v) is 7.09. The second-order valence-electron chi connectivity index (χ2n) is 8.91. The molecule has 1 fully saturated rings. The number of fused-ring (bicyclic) bond motifs is 1. The highest BCUT2D eigenvalue weighted by Gasteiger charge is 2.34. The number of benzene rings is 1. The van der Waals surface area contributed by atoms with Gasteiger partial charge in [-0.1, -0.05) is 23.6 Å². The van der Waals surface area contributed by atoms with Crippen LogP contribution < -0.4 is 4.74 Å². The number of likely N-dealkylation sites (tertiary alicyclic amines) is 1. The van der Waals surface area contributed by atoms with Gasteiger partial charge in [-0.25, -0.2) is 4.98 Å². The molecule has 1 atom stereocenters. The van der Waals surface area contributed by atoms with Crippen LogP contribution in [-0.4, -0.2) is 58.4 Å². The number of nitrogens with zero attached hydrogens (tertiary/aromatic N) is 3. The quantitative estimate of drug-likeness (QED) is 0.494. The minimum atomic E-state index is -0.754. The first-order valence-electron chi connectivity index (χ1n) is 11.6. The van der Waals surface area contributed by atoms with Crippen molar-refractivity contribution < 1.29 is 14.9 Å². The maximum absolute atomic E-state index is 11.1. The fraction of sp³-hybridized carbons (Fsp3) is 0.407. The van der Waals surface area contributed by atoms with Crippen molar-refractivity contribution in [1.82, 2.24) is 14.9 Å². The molecule has 1 aliphatic rings. The van der Waals surface area contributed by atoms with Crippen molar-refractivity contribution in [2.24, 2.45) is 5.41 Å². The van der Waals surface area contributed by atoms with Crippen LogP contribution in [0.15, 0.2) is 48.8 Å². The number of pyridine rings is 2. The van der Waals surface area contributed by atoms with Gasteiger partial charge in [0.25, 0.3) is 0 Å². The Morgan fingerprint density at radius 2 is 2.03 bits per heavy atom. The molecule has 1 unspecified atom stereocenters. The van der Waals surface area contributed by atoms with Gasteiger partial charge < -0.3 is 14.9 Å². The van der Waals surface area contributed by atoms with Gasteiger partial charge in [0, 0.05) is 30.0 Å². The van der Waals surface area contributed by atoms with Crippen molar-refractivity contribution in [3.63, 3.8) is 0 Å². The smallest absolute Gasteiger partial charge is 0.119 e. The molecule has 2 N–H and O–H groups in total. The number of methoxy groups -OCH3 is 1. The summed E-state index contributed by atoms with van der Waals surface area (Å²) < 4.78 is 5.35. The van der Waals surface area contributed by atoms with Gasteiger partial charge in [0.05, 0.1) is 30.3 Å². The Kier molecular flexibility index (Phi) is 8.02. The average Bonchev–Trinajstić information content (AvgIpc) is 2.88. The molecule has 1 aliphatic heterocycles. The molecule has 4 rings (SSSR count). The minimum Gasteiger partial charge on any atom is -0.497 e. The molecule has 0 radical (unpaired) electrons. The predicted octanol–water partition coefficient (Wildman–Crippen LogP) is 4.23. The summed E-state index contributed by atoms with van der Waals surface area (Å²) in [4.78, 5) is 10.9. The molecule has 0 amide bonds.